The Morgan fingerprint density at radius 3 is 2.88 bits per heavy atom. The highest BCUT2D eigenvalue weighted by molar-refractivity contribution is 5.80. The monoisotopic (exact) mass is 322 g/mol. The number of furan rings is 1. The average molecular weight is 322 g/mol. The van der Waals surface area contributed by atoms with E-state index in [-0.39, 0.29) is 24.6 Å². The Hall–Kier alpha value is -3.35. The van der Waals surface area contributed by atoms with Crippen LogP contribution in [0.4, 0.5) is 0 Å². The highest BCUT2D eigenvalue weighted by Gasteiger charge is 2.14. The number of hydrogen-bond acceptors (Lipinski definition) is 4. The number of rotatable bonds is 4. The van der Waals surface area contributed by atoms with Crippen LogP contribution in [-0.4, -0.2) is 19.9 Å². The molecule has 0 aliphatic carbocycles. The molecule has 4 aromatic heterocycles. The SMILES string of the molecule is O=C(Cn1c(=O)c2cccn2c2cccnc21)NCc1ccco1. The number of nitrogens with one attached hydrogen (secondary N) is 1. The van der Waals surface area contributed by atoms with Gasteiger partial charge in [-0.05, 0) is 36.4 Å². The Balaban J connectivity index is 1.71. The van der Waals surface area contributed by atoms with Crippen LogP contribution < -0.4 is 10.9 Å². The lowest BCUT2D eigenvalue weighted by molar-refractivity contribution is -0.121. The summed E-state index contributed by atoms with van der Waals surface area (Å²) in [5.41, 5.74) is 1.50. The minimum atomic E-state index is -0.281. The summed E-state index contributed by atoms with van der Waals surface area (Å²) in [6.45, 7) is 0.175. The van der Waals surface area contributed by atoms with E-state index in [1.807, 2.05) is 12.3 Å². The number of carbonyl (C=O) groups is 1. The molecule has 0 saturated carbocycles. The largest absolute Gasteiger partial charge is 0.467 e. The van der Waals surface area contributed by atoms with Gasteiger partial charge in [-0.1, -0.05) is 0 Å². The van der Waals surface area contributed by atoms with Gasteiger partial charge in [0.25, 0.3) is 5.56 Å². The summed E-state index contributed by atoms with van der Waals surface area (Å²) in [4.78, 5) is 29.2. The van der Waals surface area contributed by atoms with Crippen LogP contribution >= 0.6 is 0 Å². The van der Waals surface area contributed by atoms with Crippen LogP contribution in [0.15, 0.2) is 64.3 Å². The molecule has 1 N–H and O–H groups in total. The molecule has 0 unspecified atom stereocenters. The molecular weight excluding hydrogens is 308 g/mol. The maximum absolute atomic E-state index is 12.7. The highest BCUT2D eigenvalue weighted by atomic mass is 16.3. The first-order chi connectivity index (χ1) is 11.7. The third kappa shape index (κ3) is 2.36. The second-order valence-corrected chi connectivity index (χ2v) is 5.36. The van der Waals surface area contributed by atoms with E-state index in [4.69, 9.17) is 4.42 Å². The first-order valence-electron chi connectivity index (χ1n) is 7.48. The van der Waals surface area contributed by atoms with Crippen LogP contribution in [0.3, 0.4) is 0 Å². The summed E-state index contributed by atoms with van der Waals surface area (Å²) in [5, 5.41) is 2.74. The van der Waals surface area contributed by atoms with E-state index in [0.29, 0.717) is 16.9 Å². The maximum Gasteiger partial charge on any atom is 0.276 e. The van der Waals surface area contributed by atoms with Crippen LogP contribution in [0.2, 0.25) is 0 Å². The molecule has 0 aromatic carbocycles. The van der Waals surface area contributed by atoms with Gasteiger partial charge in [0.2, 0.25) is 5.91 Å². The fourth-order valence-corrected chi connectivity index (χ4v) is 2.73. The second-order valence-electron chi connectivity index (χ2n) is 5.36. The van der Waals surface area contributed by atoms with E-state index in [1.54, 1.807) is 47.2 Å². The fraction of sp³-hybridized carbons (Fsp3) is 0.118. The van der Waals surface area contributed by atoms with Crippen molar-refractivity contribution < 1.29 is 9.21 Å². The molecule has 1 amide bonds. The molecule has 4 aromatic rings. The summed E-state index contributed by atoms with van der Waals surface area (Å²) in [6.07, 6.45) is 4.96. The van der Waals surface area contributed by atoms with Gasteiger partial charge in [0.05, 0.1) is 18.3 Å². The molecule has 0 aliphatic rings. The van der Waals surface area contributed by atoms with Crippen molar-refractivity contribution in [1.82, 2.24) is 19.3 Å². The van der Waals surface area contributed by atoms with Crippen molar-refractivity contribution in [2.45, 2.75) is 13.1 Å². The third-order valence-electron chi connectivity index (χ3n) is 3.84. The molecule has 0 radical (unpaired) electrons. The minimum absolute atomic E-state index is 0.102. The lowest BCUT2D eigenvalue weighted by Crippen LogP contribution is -2.33. The molecule has 0 spiro atoms. The number of hydrogen-bond donors (Lipinski definition) is 1. The lowest BCUT2D eigenvalue weighted by Gasteiger charge is -2.11. The molecule has 7 heteroatoms. The van der Waals surface area contributed by atoms with E-state index < -0.39 is 0 Å². The van der Waals surface area contributed by atoms with Gasteiger partial charge >= 0.3 is 0 Å². The predicted molar refractivity (Wildman–Crippen MR) is 87.5 cm³/mol. The predicted octanol–water partition coefficient (Wildman–Crippen LogP) is 1.56. The lowest BCUT2D eigenvalue weighted by atomic mass is 10.3. The van der Waals surface area contributed by atoms with E-state index in [0.717, 1.165) is 5.52 Å². The normalized spacial score (nSPS) is 11.2. The number of fused-ring (bicyclic) bond motifs is 3. The molecule has 0 aliphatic heterocycles. The standard InChI is InChI=1S/C17H14N4O3/c22-15(19-10-12-4-3-9-24-12)11-21-16-13(5-1-7-18-16)20-8-2-6-14(20)17(21)23/h1-9H,10-11H2,(H,19,22). The van der Waals surface area contributed by atoms with Gasteiger partial charge in [-0.3, -0.25) is 14.2 Å². The summed E-state index contributed by atoms with van der Waals surface area (Å²) in [6, 6.07) is 10.7. The van der Waals surface area contributed by atoms with Gasteiger partial charge < -0.3 is 14.1 Å². The second kappa shape index (κ2) is 5.69. The average Bonchev–Trinajstić information content (AvgIpc) is 3.28. The molecule has 120 valence electrons. The summed E-state index contributed by atoms with van der Waals surface area (Å²) >= 11 is 0. The zero-order valence-corrected chi connectivity index (χ0v) is 12.7. The van der Waals surface area contributed by atoms with E-state index in [1.165, 1.54) is 4.57 Å². The molecule has 4 heterocycles. The minimum Gasteiger partial charge on any atom is -0.467 e. The smallest absolute Gasteiger partial charge is 0.276 e. The van der Waals surface area contributed by atoms with Gasteiger partial charge in [0, 0.05) is 12.4 Å². The molecule has 0 saturated heterocycles. The van der Waals surface area contributed by atoms with Crippen LogP contribution in [0, 0.1) is 0 Å². The Morgan fingerprint density at radius 1 is 1.17 bits per heavy atom. The van der Waals surface area contributed by atoms with Gasteiger partial charge in [0.15, 0.2) is 5.65 Å². The highest BCUT2D eigenvalue weighted by Crippen LogP contribution is 2.12. The zero-order valence-electron chi connectivity index (χ0n) is 12.7. The van der Waals surface area contributed by atoms with Crippen molar-refractivity contribution in [2.75, 3.05) is 0 Å². The molecule has 0 fully saturated rings. The van der Waals surface area contributed by atoms with Crippen molar-refractivity contribution in [2.24, 2.45) is 0 Å². The first kappa shape index (κ1) is 14.3. The molecule has 0 atom stereocenters. The van der Waals surface area contributed by atoms with Crippen molar-refractivity contribution >= 4 is 22.6 Å². The van der Waals surface area contributed by atoms with Gasteiger partial charge in [0.1, 0.15) is 17.8 Å². The van der Waals surface area contributed by atoms with Crippen LogP contribution in [0.5, 0.6) is 0 Å². The fourth-order valence-electron chi connectivity index (χ4n) is 2.73. The van der Waals surface area contributed by atoms with Crippen molar-refractivity contribution in [3.05, 3.63) is 71.2 Å². The molecule has 24 heavy (non-hydrogen) atoms. The number of nitrogens with zero attached hydrogens (tertiary/aromatic N) is 3. The quantitative estimate of drug-likeness (QED) is 0.618. The third-order valence-corrected chi connectivity index (χ3v) is 3.84. The van der Waals surface area contributed by atoms with Crippen LogP contribution in [-0.2, 0) is 17.9 Å². The van der Waals surface area contributed by atoms with Crippen LogP contribution in [0.1, 0.15) is 5.76 Å². The molecule has 7 nitrogen and oxygen atoms in total. The Bertz CT molecular complexity index is 1080. The molecule has 4 rings (SSSR count). The number of aromatic nitrogens is 3. The topological polar surface area (TPSA) is 81.5 Å². The van der Waals surface area contributed by atoms with Crippen LogP contribution in [0.25, 0.3) is 16.7 Å². The summed E-state index contributed by atoms with van der Waals surface area (Å²) < 4.78 is 8.35. The van der Waals surface area contributed by atoms with Crippen molar-refractivity contribution in [3.63, 3.8) is 0 Å². The Morgan fingerprint density at radius 2 is 2.04 bits per heavy atom. The first-order valence-corrected chi connectivity index (χ1v) is 7.48. The number of amides is 1. The van der Waals surface area contributed by atoms with Crippen molar-refractivity contribution in [1.29, 1.82) is 0 Å². The van der Waals surface area contributed by atoms with Gasteiger partial charge in [-0.2, -0.15) is 0 Å². The number of pyridine rings is 1. The number of carbonyl (C=O) groups excluding carboxylic acids is 1. The molecular formula is C17H14N4O3. The summed E-state index contributed by atoms with van der Waals surface area (Å²) in [5.74, 6) is 0.372. The van der Waals surface area contributed by atoms with E-state index >= 15 is 0 Å². The van der Waals surface area contributed by atoms with Gasteiger partial charge in [-0.25, -0.2) is 4.98 Å². The Labute approximate surface area is 136 Å². The maximum atomic E-state index is 12.7. The Kier molecular flexibility index (Phi) is 3.38. The summed E-state index contributed by atoms with van der Waals surface area (Å²) in [7, 11) is 0. The van der Waals surface area contributed by atoms with Gasteiger partial charge in [-0.15, -0.1) is 0 Å². The van der Waals surface area contributed by atoms with E-state index in [9.17, 15) is 9.59 Å². The van der Waals surface area contributed by atoms with E-state index in [2.05, 4.69) is 10.3 Å². The zero-order chi connectivity index (χ0) is 16.5. The molecule has 0 bridgehead atoms. The van der Waals surface area contributed by atoms with Crippen molar-refractivity contribution in [3.8, 4) is 0 Å².